The van der Waals surface area contributed by atoms with Gasteiger partial charge in [-0.05, 0) is 42.9 Å². The van der Waals surface area contributed by atoms with Crippen LogP contribution in [0.2, 0.25) is 5.02 Å². The molecule has 0 aliphatic carbocycles. The third kappa shape index (κ3) is 4.97. The SMILES string of the molecule is CC(C)CCNC(=O)c1nc[nH]c1C(=O)N1CCC(O)(c2ccc(Cl)cc2)CC1. The topological polar surface area (TPSA) is 98.3 Å². The molecule has 1 fully saturated rings. The number of H-pyrrole nitrogens is 1. The number of aromatic amines is 1. The third-order valence-electron chi connectivity index (χ3n) is 5.33. The van der Waals surface area contributed by atoms with Crippen LogP contribution in [-0.2, 0) is 5.60 Å². The van der Waals surface area contributed by atoms with Crippen LogP contribution >= 0.6 is 11.6 Å². The average Bonchev–Trinajstić information content (AvgIpc) is 3.18. The van der Waals surface area contributed by atoms with Gasteiger partial charge in [0.25, 0.3) is 11.8 Å². The fraction of sp³-hybridized carbons (Fsp3) is 0.476. The molecule has 8 heteroatoms. The summed E-state index contributed by atoms with van der Waals surface area (Å²) in [5.74, 6) is -0.164. The second-order valence-electron chi connectivity index (χ2n) is 7.90. The Hall–Kier alpha value is -2.38. The number of aromatic nitrogens is 2. The summed E-state index contributed by atoms with van der Waals surface area (Å²) >= 11 is 5.93. The number of hydrogen-bond donors (Lipinski definition) is 3. The van der Waals surface area contributed by atoms with Crippen molar-refractivity contribution in [2.75, 3.05) is 19.6 Å². The summed E-state index contributed by atoms with van der Waals surface area (Å²) in [5.41, 5.74) is 0.0916. The molecule has 3 N–H and O–H groups in total. The Morgan fingerprint density at radius 2 is 1.93 bits per heavy atom. The molecule has 0 unspecified atom stereocenters. The van der Waals surface area contributed by atoms with E-state index in [1.54, 1.807) is 17.0 Å². The zero-order valence-corrected chi connectivity index (χ0v) is 17.5. The Balaban J connectivity index is 1.63. The van der Waals surface area contributed by atoms with Crippen LogP contribution < -0.4 is 5.32 Å². The summed E-state index contributed by atoms with van der Waals surface area (Å²) in [6.45, 7) is 5.46. The van der Waals surface area contributed by atoms with Crippen LogP contribution in [0, 0.1) is 5.92 Å². The number of likely N-dealkylation sites (tertiary alicyclic amines) is 1. The number of rotatable bonds is 6. The van der Waals surface area contributed by atoms with E-state index < -0.39 is 5.60 Å². The van der Waals surface area contributed by atoms with Crippen LogP contribution in [0.25, 0.3) is 0 Å². The van der Waals surface area contributed by atoms with Crippen molar-refractivity contribution in [3.8, 4) is 0 Å². The van der Waals surface area contributed by atoms with Crippen molar-refractivity contribution >= 4 is 23.4 Å². The summed E-state index contributed by atoms with van der Waals surface area (Å²) in [4.78, 5) is 33.8. The van der Waals surface area contributed by atoms with Gasteiger partial charge in [0.2, 0.25) is 0 Å². The molecule has 3 rings (SSSR count). The number of imidazole rings is 1. The van der Waals surface area contributed by atoms with E-state index in [2.05, 4.69) is 29.1 Å². The molecule has 1 aromatic heterocycles. The van der Waals surface area contributed by atoms with Gasteiger partial charge in [-0.2, -0.15) is 0 Å². The second-order valence-corrected chi connectivity index (χ2v) is 8.33. The molecule has 2 amide bonds. The maximum Gasteiger partial charge on any atom is 0.272 e. The lowest BCUT2D eigenvalue weighted by Crippen LogP contribution is -2.45. The van der Waals surface area contributed by atoms with E-state index in [1.165, 1.54) is 6.33 Å². The Labute approximate surface area is 175 Å². The monoisotopic (exact) mass is 418 g/mol. The van der Waals surface area contributed by atoms with E-state index in [0.717, 1.165) is 12.0 Å². The molecular formula is C21H27ClN4O3. The highest BCUT2D eigenvalue weighted by molar-refractivity contribution is 6.30. The van der Waals surface area contributed by atoms with Crippen molar-refractivity contribution in [2.45, 2.75) is 38.7 Å². The van der Waals surface area contributed by atoms with Crippen LogP contribution in [0.1, 0.15) is 59.7 Å². The first-order chi connectivity index (χ1) is 13.8. The smallest absolute Gasteiger partial charge is 0.272 e. The van der Waals surface area contributed by atoms with Crippen molar-refractivity contribution in [2.24, 2.45) is 5.92 Å². The van der Waals surface area contributed by atoms with Gasteiger partial charge in [0.15, 0.2) is 5.69 Å². The molecule has 7 nitrogen and oxygen atoms in total. The lowest BCUT2D eigenvalue weighted by atomic mass is 9.84. The Morgan fingerprint density at radius 3 is 2.55 bits per heavy atom. The Morgan fingerprint density at radius 1 is 1.28 bits per heavy atom. The van der Waals surface area contributed by atoms with Crippen molar-refractivity contribution < 1.29 is 14.7 Å². The summed E-state index contributed by atoms with van der Waals surface area (Å²) in [7, 11) is 0. The molecule has 1 aromatic carbocycles. The second kappa shape index (κ2) is 8.97. The van der Waals surface area contributed by atoms with Gasteiger partial charge in [-0.25, -0.2) is 4.98 Å². The number of benzene rings is 1. The van der Waals surface area contributed by atoms with Gasteiger partial charge in [0, 0.05) is 24.7 Å². The molecule has 2 heterocycles. The molecule has 1 aliphatic rings. The molecule has 2 aromatic rings. The standard InChI is InChI=1S/C21H27ClN4O3/c1-14(2)7-10-23-19(27)17-18(25-13-24-17)20(28)26-11-8-21(29,9-12-26)15-3-5-16(22)6-4-15/h3-6,13-14,29H,7-12H2,1-2H3,(H,23,27)(H,24,25). The number of aliphatic hydroxyl groups is 1. The summed E-state index contributed by atoms with van der Waals surface area (Å²) in [5, 5.41) is 14.4. The van der Waals surface area contributed by atoms with Gasteiger partial charge in [0.05, 0.1) is 11.9 Å². The molecule has 0 saturated carbocycles. The van der Waals surface area contributed by atoms with Gasteiger partial charge < -0.3 is 20.3 Å². The normalized spacial score (nSPS) is 16.1. The van der Waals surface area contributed by atoms with Crippen molar-refractivity contribution in [1.29, 1.82) is 0 Å². The van der Waals surface area contributed by atoms with Crippen LogP contribution in [0.15, 0.2) is 30.6 Å². The van der Waals surface area contributed by atoms with E-state index in [4.69, 9.17) is 11.6 Å². The predicted octanol–water partition coefficient (Wildman–Crippen LogP) is 2.96. The van der Waals surface area contributed by atoms with Crippen molar-refractivity contribution in [3.63, 3.8) is 0 Å². The molecule has 0 bridgehead atoms. The van der Waals surface area contributed by atoms with Gasteiger partial charge in [-0.15, -0.1) is 0 Å². The lowest BCUT2D eigenvalue weighted by molar-refractivity contribution is -0.0212. The van der Waals surface area contributed by atoms with Crippen molar-refractivity contribution in [1.82, 2.24) is 20.2 Å². The van der Waals surface area contributed by atoms with E-state index in [-0.39, 0.29) is 23.2 Å². The van der Waals surface area contributed by atoms with E-state index in [1.807, 2.05) is 12.1 Å². The highest BCUT2D eigenvalue weighted by Gasteiger charge is 2.36. The molecule has 156 valence electrons. The molecule has 1 saturated heterocycles. The maximum absolute atomic E-state index is 12.9. The number of piperidine rings is 1. The van der Waals surface area contributed by atoms with Crippen LogP contribution in [0.4, 0.5) is 0 Å². The minimum absolute atomic E-state index is 0.109. The summed E-state index contributed by atoms with van der Waals surface area (Å²) < 4.78 is 0. The number of carbonyl (C=O) groups is 2. The zero-order chi connectivity index (χ0) is 21.0. The number of carbonyl (C=O) groups excluding carboxylic acids is 2. The fourth-order valence-electron chi connectivity index (χ4n) is 3.47. The molecule has 0 atom stereocenters. The number of nitrogens with zero attached hydrogens (tertiary/aromatic N) is 2. The molecule has 0 spiro atoms. The highest BCUT2D eigenvalue weighted by Crippen LogP contribution is 2.33. The Kier molecular flexibility index (Phi) is 6.59. The largest absolute Gasteiger partial charge is 0.385 e. The average molecular weight is 419 g/mol. The van der Waals surface area contributed by atoms with Gasteiger partial charge in [-0.3, -0.25) is 9.59 Å². The number of nitrogens with one attached hydrogen (secondary N) is 2. The fourth-order valence-corrected chi connectivity index (χ4v) is 3.60. The summed E-state index contributed by atoms with van der Waals surface area (Å²) in [6, 6.07) is 7.13. The van der Waals surface area contributed by atoms with Gasteiger partial charge in [-0.1, -0.05) is 37.6 Å². The predicted molar refractivity (Wildman–Crippen MR) is 111 cm³/mol. The number of amides is 2. The van der Waals surface area contributed by atoms with Gasteiger partial charge >= 0.3 is 0 Å². The van der Waals surface area contributed by atoms with Crippen molar-refractivity contribution in [3.05, 3.63) is 52.6 Å². The zero-order valence-electron chi connectivity index (χ0n) is 16.7. The highest BCUT2D eigenvalue weighted by atomic mass is 35.5. The molecule has 0 radical (unpaired) electrons. The van der Waals surface area contributed by atoms with E-state index in [9.17, 15) is 14.7 Å². The minimum atomic E-state index is -0.994. The van der Waals surface area contributed by atoms with Gasteiger partial charge in [0.1, 0.15) is 5.69 Å². The first-order valence-electron chi connectivity index (χ1n) is 9.89. The molecule has 1 aliphatic heterocycles. The number of halogens is 1. The van der Waals surface area contributed by atoms with Crippen LogP contribution in [0.5, 0.6) is 0 Å². The lowest BCUT2D eigenvalue weighted by Gasteiger charge is -2.38. The number of hydrogen-bond acceptors (Lipinski definition) is 4. The minimum Gasteiger partial charge on any atom is -0.385 e. The van der Waals surface area contributed by atoms with Crippen LogP contribution in [0.3, 0.4) is 0 Å². The van der Waals surface area contributed by atoms with E-state index >= 15 is 0 Å². The van der Waals surface area contributed by atoms with E-state index in [0.29, 0.717) is 43.4 Å². The first-order valence-corrected chi connectivity index (χ1v) is 10.3. The third-order valence-corrected chi connectivity index (χ3v) is 5.59. The molecular weight excluding hydrogens is 392 g/mol. The quantitative estimate of drug-likeness (QED) is 0.671. The first kappa shape index (κ1) is 21.3. The summed E-state index contributed by atoms with van der Waals surface area (Å²) in [6.07, 6.45) is 3.03. The van der Waals surface area contributed by atoms with Crippen LogP contribution in [-0.4, -0.2) is 51.4 Å². The Bertz CT molecular complexity index is 855. The maximum atomic E-state index is 12.9. The molecule has 29 heavy (non-hydrogen) atoms.